The molecule has 1 aliphatic rings. The number of nitrogens with one attached hydrogen (secondary N) is 1. The van der Waals surface area contributed by atoms with Crippen LogP contribution in [0.3, 0.4) is 0 Å². The molecule has 1 N–H and O–H groups in total. The highest BCUT2D eigenvalue weighted by atomic mass is 16.3. The van der Waals surface area contributed by atoms with Crippen LogP contribution in [0.15, 0.2) is 77.4 Å². The fraction of sp³-hybridized carbons (Fsp3) is 0.276. The number of hydrogen-bond acceptors (Lipinski definition) is 4. The maximum atomic E-state index is 13.9. The van der Waals surface area contributed by atoms with Crippen LogP contribution in [0, 0.1) is 6.92 Å². The first-order chi connectivity index (χ1) is 17.3. The first-order valence-electron chi connectivity index (χ1n) is 12.2. The largest absolute Gasteiger partial charge is 0.463 e. The zero-order valence-electron chi connectivity index (χ0n) is 21.0. The molecule has 4 aromatic rings. The molecular formula is C29H30N4O3. The lowest BCUT2D eigenvalue weighted by atomic mass is 9.93. The molecule has 0 bridgehead atoms. The van der Waals surface area contributed by atoms with Gasteiger partial charge in [-0.1, -0.05) is 55.8 Å². The zero-order chi connectivity index (χ0) is 25.4. The maximum absolute atomic E-state index is 13.9. The quantitative estimate of drug-likeness (QED) is 0.404. The van der Waals surface area contributed by atoms with Crippen molar-refractivity contribution in [2.45, 2.75) is 52.2 Å². The fourth-order valence-electron chi connectivity index (χ4n) is 4.73. The highest BCUT2D eigenvalue weighted by Gasteiger charge is 2.49. The summed E-state index contributed by atoms with van der Waals surface area (Å²) in [5, 5.41) is 7.67. The van der Waals surface area contributed by atoms with Gasteiger partial charge in [0, 0.05) is 18.3 Å². The summed E-state index contributed by atoms with van der Waals surface area (Å²) in [6.45, 7) is 8.64. The number of fused-ring (bicyclic) bond motifs is 1. The molecule has 0 aliphatic carbocycles. The number of carbonyl (C=O) groups excluding carboxylic acids is 2. The minimum absolute atomic E-state index is 0.209. The summed E-state index contributed by atoms with van der Waals surface area (Å²) in [5.41, 5.74) is 3.74. The summed E-state index contributed by atoms with van der Waals surface area (Å²) in [6, 6.07) is 21.2. The van der Waals surface area contributed by atoms with Crippen LogP contribution in [0.2, 0.25) is 0 Å². The second-order valence-corrected chi connectivity index (χ2v) is 9.88. The van der Waals surface area contributed by atoms with Crippen LogP contribution in [0.1, 0.15) is 53.9 Å². The van der Waals surface area contributed by atoms with Crippen molar-refractivity contribution < 1.29 is 14.0 Å². The van der Waals surface area contributed by atoms with Crippen molar-refractivity contribution in [1.29, 1.82) is 0 Å². The molecule has 0 unspecified atom stereocenters. The van der Waals surface area contributed by atoms with Gasteiger partial charge in [-0.3, -0.25) is 19.2 Å². The molecule has 2 aromatic heterocycles. The standard InChI is InChI=1S/C29H30N4O3/c1-19(2)22-10-12-23(13-11-22)33-27(34)25-16-24(26-9-6-14-36-26)31-32(25)18-29(33,4)28(35)30-17-21-8-5-7-20(3)15-21/h5-16,19H,17-18H2,1-4H3,(H,30,35)/t29-/m0/s1. The van der Waals surface area contributed by atoms with Gasteiger partial charge in [-0.15, -0.1) is 0 Å². The van der Waals surface area contributed by atoms with Gasteiger partial charge in [0.15, 0.2) is 5.76 Å². The van der Waals surface area contributed by atoms with Crippen molar-refractivity contribution >= 4 is 17.5 Å². The Bertz CT molecular complexity index is 1400. The number of benzene rings is 2. The van der Waals surface area contributed by atoms with Crippen LogP contribution < -0.4 is 10.2 Å². The lowest BCUT2D eigenvalue weighted by Crippen LogP contribution is -2.64. The van der Waals surface area contributed by atoms with Crippen LogP contribution in [-0.4, -0.2) is 27.1 Å². The maximum Gasteiger partial charge on any atom is 0.277 e. The van der Waals surface area contributed by atoms with Gasteiger partial charge in [0.25, 0.3) is 5.91 Å². The van der Waals surface area contributed by atoms with E-state index in [2.05, 4.69) is 24.3 Å². The Balaban J connectivity index is 1.53. The highest BCUT2D eigenvalue weighted by Crippen LogP contribution is 2.35. The Morgan fingerprint density at radius 2 is 1.89 bits per heavy atom. The second-order valence-electron chi connectivity index (χ2n) is 9.88. The van der Waals surface area contributed by atoms with Crippen molar-refractivity contribution in [2.24, 2.45) is 0 Å². The molecule has 0 spiro atoms. The van der Waals surface area contributed by atoms with Crippen molar-refractivity contribution in [2.75, 3.05) is 4.90 Å². The number of carbonyl (C=O) groups is 2. The second kappa shape index (κ2) is 9.15. The van der Waals surface area contributed by atoms with Gasteiger partial charge >= 0.3 is 0 Å². The third-order valence-corrected chi connectivity index (χ3v) is 6.77. The van der Waals surface area contributed by atoms with E-state index in [0.29, 0.717) is 35.3 Å². The number of amides is 2. The predicted octanol–water partition coefficient (Wildman–Crippen LogP) is 5.31. The normalized spacial score (nSPS) is 17.4. The van der Waals surface area contributed by atoms with Crippen LogP contribution >= 0.6 is 0 Å². The Hall–Kier alpha value is -4.13. The molecule has 7 heteroatoms. The topological polar surface area (TPSA) is 80.4 Å². The molecule has 36 heavy (non-hydrogen) atoms. The predicted molar refractivity (Wildman–Crippen MR) is 139 cm³/mol. The number of nitrogens with zero attached hydrogens (tertiary/aromatic N) is 3. The Morgan fingerprint density at radius 1 is 1.11 bits per heavy atom. The summed E-state index contributed by atoms with van der Waals surface area (Å²) in [7, 11) is 0. The molecular weight excluding hydrogens is 452 g/mol. The molecule has 0 radical (unpaired) electrons. The minimum atomic E-state index is -1.19. The molecule has 2 aromatic carbocycles. The van der Waals surface area contributed by atoms with E-state index in [4.69, 9.17) is 4.42 Å². The van der Waals surface area contributed by atoms with Gasteiger partial charge in [0.1, 0.15) is 16.9 Å². The smallest absolute Gasteiger partial charge is 0.277 e. The average molecular weight is 483 g/mol. The van der Waals surface area contributed by atoms with Crippen LogP contribution in [0.5, 0.6) is 0 Å². The van der Waals surface area contributed by atoms with Gasteiger partial charge in [0.2, 0.25) is 5.91 Å². The summed E-state index contributed by atoms with van der Waals surface area (Å²) in [5.74, 6) is 0.406. The van der Waals surface area contributed by atoms with Crippen molar-refractivity contribution in [3.05, 3.63) is 95.4 Å². The fourth-order valence-corrected chi connectivity index (χ4v) is 4.73. The Labute approximate surface area is 210 Å². The summed E-state index contributed by atoms with van der Waals surface area (Å²) >= 11 is 0. The van der Waals surface area contributed by atoms with Crippen molar-refractivity contribution in [1.82, 2.24) is 15.1 Å². The molecule has 0 saturated carbocycles. The van der Waals surface area contributed by atoms with E-state index in [1.807, 2.05) is 55.5 Å². The van der Waals surface area contributed by atoms with Gasteiger partial charge in [-0.25, -0.2) is 0 Å². The van der Waals surface area contributed by atoms with Crippen LogP contribution in [-0.2, 0) is 17.9 Å². The highest BCUT2D eigenvalue weighted by molar-refractivity contribution is 6.12. The number of aromatic nitrogens is 2. The van der Waals surface area contributed by atoms with E-state index in [-0.39, 0.29) is 18.4 Å². The summed E-state index contributed by atoms with van der Waals surface area (Å²) in [6.07, 6.45) is 1.57. The molecule has 1 atom stereocenters. The van der Waals surface area contributed by atoms with Crippen LogP contribution in [0.25, 0.3) is 11.5 Å². The third kappa shape index (κ3) is 4.21. The van der Waals surface area contributed by atoms with Gasteiger partial charge in [-0.2, -0.15) is 5.10 Å². The number of rotatable bonds is 6. The number of aryl methyl sites for hydroxylation is 1. The number of furan rings is 1. The number of hydrogen-bond donors (Lipinski definition) is 1. The van der Waals surface area contributed by atoms with Crippen molar-refractivity contribution in [3.63, 3.8) is 0 Å². The van der Waals surface area contributed by atoms with Crippen LogP contribution in [0.4, 0.5) is 5.69 Å². The number of anilines is 1. The first-order valence-corrected chi connectivity index (χ1v) is 12.2. The third-order valence-electron chi connectivity index (χ3n) is 6.77. The molecule has 2 amide bonds. The molecule has 1 aliphatic heterocycles. The van der Waals surface area contributed by atoms with Gasteiger partial charge in [-0.05, 0) is 55.2 Å². The van der Waals surface area contributed by atoms with E-state index >= 15 is 0 Å². The first kappa shape index (κ1) is 23.6. The zero-order valence-corrected chi connectivity index (χ0v) is 21.0. The Kier molecular flexibility index (Phi) is 6.00. The monoisotopic (exact) mass is 482 g/mol. The van der Waals surface area contributed by atoms with Gasteiger partial charge in [0.05, 0.1) is 12.8 Å². The van der Waals surface area contributed by atoms with E-state index in [1.54, 1.807) is 41.0 Å². The van der Waals surface area contributed by atoms with Crippen molar-refractivity contribution in [3.8, 4) is 11.5 Å². The lowest BCUT2D eigenvalue weighted by molar-refractivity contribution is -0.126. The summed E-state index contributed by atoms with van der Waals surface area (Å²) < 4.78 is 7.11. The molecule has 0 saturated heterocycles. The SMILES string of the molecule is Cc1cccc(CNC(=O)[C@]2(C)Cn3nc(-c4ccco4)cc3C(=O)N2c2ccc(C(C)C)cc2)c1. The van der Waals surface area contributed by atoms with E-state index in [9.17, 15) is 9.59 Å². The summed E-state index contributed by atoms with van der Waals surface area (Å²) in [4.78, 5) is 29.3. The molecule has 0 fully saturated rings. The average Bonchev–Trinajstić information content (AvgIpc) is 3.53. The Morgan fingerprint density at radius 3 is 2.56 bits per heavy atom. The minimum Gasteiger partial charge on any atom is -0.463 e. The van der Waals surface area contributed by atoms with E-state index in [0.717, 1.165) is 11.1 Å². The van der Waals surface area contributed by atoms with Gasteiger partial charge < -0.3 is 9.73 Å². The molecule has 5 rings (SSSR count). The molecule has 3 heterocycles. The van der Waals surface area contributed by atoms with E-state index in [1.165, 1.54) is 5.56 Å². The lowest BCUT2D eigenvalue weighted by Gasteiger charge is -2.43. The molecule has 184 valence electrons. The van der Waals surface area contributed by atoms with E-state index < -0.39 is 5.54 Å². The molecule has 7 nitrogen and oxygen atoms in total.